The number of carbonyl (C=O) groups excluding carboxylic acids is 1. The Morgan fingerprint density at radius 2 is 1.87 bits per heavy atom. The summed E-state index contributed by atoms with van der Waals surface area (Å²) in [5.41, 5.74) is 4.56. The lowest BCUT2D eigenvalue weighted by atomic mass is 10.2. The lowest BCUT2D eigenvalue weighted by Gasteiger charge is -2.06. The zero-order valence-electron chi connectivity index (χ0n) is 16.2. The van der Waals surface area contributed by atoms with Gasteiger partial charge in [0.1, 0.15) is 17.9 Å². The molecule has 0 aliphatic carbocycles. The van der Waals surface area contributed by atoms with Gasteiger partial charge in [0.15, 0.2) is 5.76 Å². The van der Waals surface area contributed by atoms with Gasteiger partial charge in [0, 0.05) is 17.5 Å². The van der Waals surface area contributed by atoms with Crippen LogP contribution in [-0.2, 0) is 6.61 Å². The number of nitrogens with one attached hydrogen (secondary N) is 1. The molecule has 0 aliphatic heterocycles. The van der Waals surface area contributed by atoms with Crippen LogP contribution in [0.3, 0.4) is 0 Å². The first kappa shape index (κ1) is 19.8. The molecule has 3 aromatic carbocycles. The molecule has 0 bridgehead atoms. The summed E-state index contributed by atoms with van der Waals surface area (Å²) in [5.74, 6) is 0.350. The molecule has 8 nitrogen and oxygen atoms in total. The van der Waals surface area contributed by atoms with E-state index < -0.39 is 10.8 Å². The van der Waals surface area contributed by atoms with Crippen LogP contribution in [0.4, 0.5) is 5.69 Å². The number of ether oxygens (including phenoxy) is 1. The number of nitro benzene ring substituents is 1. The Labute approximate surface area is 176 Å². The number of amides is 1. The minimum Gasteiger partial charge on any atom is -0.489 e. The Balaban J connectivity index is 1.31. The lowest BCUT2D eigenvalue weighted by Crippen LogP contribution is -2.16. The number of hydrogen-bond acceptors (Lipinski definition) is 6. The van der Waals surface area contributed by atoms with Crippen LogP contribution in [-0.4, -0.2) is 17.0 Å². The monoisotopic (exact) mass is 415 g/mol. The van der Waals surface area contributed by atoms with Gasteiger partial charge in [-0.05, 0) is 47.5 Å². The maximum Gasteiger partial charge on any atom is 0.307 e. The van der Waals surface area contributed by atoms with Crippen molar-refractivity contribution in [1.29, 1.82) is 0 Å². The molecule has 0 atom stereocenters. The maximum absolute atomic E-state index is 12.2. The number of non-ortho nitro benzene ring substituents is 1. The Morgan fingerprint density at radius 1 is 1.06 bits per heavy atom. The Kier molecular flexibility index (Phi) is 5.70. The zero-order chi connectivity index (χ0) is 21.6. The number of carbonyl (C=O) groups is 1. The van der Waals surface area contributed by atoms with Crippen LogP contribution in [0.15, 0.2) is 88.4 Å². The molecular weight excluding hydrogens is 398 g/mol. The highest BCUT2D eigenvalue weighted by molar-refractivity contribution is 5.96. The molecule has 8 heteroatoms. The number of rotatable bonds is 7. The normalized spacial score (nSPS) is 11.0. The number of para-hydroxylation sites is 1. The molecule has 31 heavy (non-hydrogen) atoms. The van der Waals surface area contributed by atoms with E-state index in [2.05, 4.69) is 10.5 Å². The smallest absolute Gasteiger partial charge is 0.307 e. The zero-order valence-corrected chi connectivity index (χ0v) is 16.2. The predicted octanol–water partition coefficient (Wildman–Crippen LogP) is 4.68. The van der Waals surface area contributed by atoms with Crippen molar-refractivity contribution in [2.45, 2.75) is 6.61 Å². The van der Waals surface area contributed by atoms with E-state index in [1.165, 1.54) is 18.3 Å². The SMILES string of the molecule is O=C(N/N=C/c1ccc(OCc2cccc([N+](=O)[O-])c2)cc1)c1cc2ccccc2o1. The standard InChI is InChI=1S/C23H17N3O5/c27-23(22-13-18-5-1-2-7-21(18)31-22)25-24-14-16-8-10-20(11-9-16)30-15-17-4-3-6-19(12-17)26(28)29/h1-14H,15H2,(H,25,27)/b24-14+. The van der Waals surface area contributed by atoms with Gasteiger partial charge in [0.25, 0.3) is 5.69 Å². The highest BCUT2D eigenvalue weighted by Crippen LogP contribution is 2.19. The summed E-state index contributed by atoms with van der Waals surface area (Å²) in [6.07, 6.45) is 1.50. The summed E-state index contributed by atoms with van der Waals surface area (Å²) in [6.45, 7) is 0.211. The number of hydrogen-bond donors (Lipinski definition) is 1. The third kappa shape index (κ3) is 4.94. The van der Waals surface area contributed by atoms with Crippen molar-refractivity contribution >= 4 is 28.8 Å². The molecule has 0 radical (unpaired) electrons. The first-order valence-corrected chi connectivity index (χ1v) is 9.37. The van der Waals surface area contributed by atoms with E-state index in [0.29, 0.717) is 16.9 Å². The predicted molar refractivity (Wildman–Crippen MR) is 115 cm³/mol. The van der Waals surface area contributed by atoms with E-state index >= 15 is 0 Å². The second-order valence-corrected chi connectivity index (χ2v) is 6.63. The Hall–Kier alpha value is -4.46. The largest absolute Gasteiger partial charge is 0.489 e. The summed E-state index contributed by atoms with van der Waals surface area (Å²) < 4.78 is 11.2. The highest BCUT2D eigenvalue weighted by atomic mass is 16.6. The Bertz CT molecular complexity index is 1230. The van der Waals surface area contributed by atoms with Crippen LogP contribution >= 0.6 is 0 Å². The summed E-state index contributed by atoms with van der Waals surface area (Å²) in [5, 5.41) is 15.6. The fraction of sp³-hybridized carbons (Fsp3) is 0.0435. The van der Waals surface area contributed by atoms with Crippen LogP contribution in [0, 0.1) is 10.1 Å². The van der Waals surface area contributed by atoms with Gasteiger partial charge < -0.3 is 9.15 Å². The summed E-state index contributed by atoms with van der Waals surface area (Å²) >= 11 is 0. The van der Waals surface area contributed by atoms with Gasteiger partial charge in [-0.1, -0.05) is 30.3 Å². The topological polar surface area (TPSA) is 107 Å². The van der Waals surface area contributed by atoms with Crippen molar-refractivity contribution in [2.24, 2.45) is 5.10 Å². The molecule has 0 unspecified atom stereocenters. The maximum atomic E-state index is 12.2. The molecular formula is C23H17N3O5. The number of furan rings is 1. The molecule has 154 valence electrons. The minimum atomic E-state index is -0.440. The van der Waals surface area contributed by atoms with E-state index in [1.807, 2.05) is 18.2 Å². The van der Waals surface area contributed by atoms with Crippen LogP contribution in [0.5, 0.6) is 5.75 Å². The van der Waals surface area contributed by atoms with Gasteiger partial charge in [0.2, 0.25) is 0 Å². The van der Waals surface area contributed by atoms with Gasteiger partial charge >= 0.3 is 5.91 Å². The quantitative estimate of drug-likeness (QED) is 0.268. The van der Waals surface area contributed by atoms with Crippen molar-refractivity contribution in [3.63, 3.8) is 0 Å². The fourth-order valence-corrected chi connectivity index (χ4v) is 2.89. The first-order valence-electron chi connectivity index (χ1n) is 9.37. The van der Waals surface area contributed by atoms with Crippen molar-refractivity contribution in [3.05, 3.63) is 106 Å². The molecule has 1 aromatic heterocycles. The molecule has 1 heterocycles. The molecule has 4 rings (SSSR count). The summed E-state index contributed by atoms with van der Waals surface area (Å²) in [6, 6.07) is 22.4. The average Bonchev–Trinajstić information content (AvgIpc) is 3.23. The van der Waals surface area contributed by atoms with Gasteiger partial charge in [-0.15, -0.1) is 0 Å². The molecule has 1 N–H and O–H groups in total. The van der Waals surface area contributed by atoms with Gasteiger partial charge in [-0.3, -0.25) is 14.9 Å². The number of nitro groups is 1. The third-order valence-electron chi connectivity index (χ3n) is 4.44. The van der Waals surface area contributed by atoms with Crippen molar-refractivity contribution in [3.8, 4) is 5.75 Å². The molecule has 0 fully saturated rings. The number of fused-ring (bicyclic) bond motifs is 1. The van der Waals surface area contributed by atoms with E-state index in [1.54, 1.807) is 48.5 Å². The second-order valence-electron chi connectivity index (χ2n) is 6.63. The molecule has 0 saturated heterocycles. The summed E-state index contributed by atoms with van der Waals surface area (Å²) in [4.78, 5) is 22.6. The third-order valence-corrected chi connectivity index (χ3v) is 4.44. The second kappa shape index (κ2) is 8.91. The highest BCUT2D eigenvalue weighted by Gasteiger charge is 2.11. The van der Waals surface area contributed by atoms with Crippen molar-refractivity contribution in [2.75, 3.05) is 0 Å². The molecule has 0 aliphatic rings. The van der Waals surface area contributed by atoms with Crippen LogP contribution in [0.25, 0.3) is 11.0 Å². The van der Waals surface area contributed by atoms with E-state index in [4.69, 9.17) is 9.15 Å². The minimum absolute atomic E-state index is 0.0253. The first-order chi connectivity index (χ1) is 15.1. The summed E-state index contributed by atoms with van der Waals surface area (Å²) in [7, 11) is 0. The van der Waals surface area contributed by atoms with Crippen LogP contribution < -0.4 is 10.2 Å². The number of nitrogens with zero attached hydrogens (tertiary/aromatic N) is 2. The molecule has 1 amide bonds. The molecule has 0 saturated carbocycles. The van der Waals surface area contributed by atoms with E-state index in [-0.39, 0.29) is 18.1 Å². The van der Waals surface area contributed by atoms with Crippen LogP contribution in [0.2, 0.25) is 0 Å². The van der Waals surface area contributed by atoms with E-state index in [0.717, 1.165) is 10.9 Å². The molecule has 4 aromatic rings. The Morgan fingerprint density at radius 3 is 2.65 bits per heavy atom. The molecule has 0 spiro atoms. The lowest BCUT2D eigenvalue weighted by molar-refractivity contribution is -0.384. The number of benzene rings is 3. The van der Waals surface area contributed by atoms with Crippen molar-refractivity contribution < 1.29 is 18.9 Å². The van der Waals surface area contributed by atoms with Gasteiger partial charge in [-0.25, -0.2) is 5.43 Å². The van der Waals surface area contributed by atoms with Crippen LogP contribution in [0.1, 0.15) is 21.7 Å². The average molecular weight is 415 g/mol. The number of hydrazone groups is 1. The van der Waals surface area contributed by atoms with Gasteiger partial charge in [-0.2, -0.15) is 5.10 Å². The fourth-order valence-electron chi connectivity index (χ4n) is 2.89. The van der Waals surface area contributed by atoms with Gasteiger partial charge in [0.05, 0.1) is 11.1 Å². The van der Waals surface area contributed by atoms with Crippen molar-refractivity contribution in [1.82, 2.24) is 5.43 Å². The van der Waals surface area contributed by atoms with E-state index in [9.17, 15) is 14.9 Å².